The van der Waals surface area contributed by atoms with Crippen molar-refractivity contribution in [3.63, 3.8) is 0 Å². The van der Waals surface area contributed by atoms with Crippen molar-refractivity contribution in [2.45, 2.75) is 6.17 Å². The van der Waals surface area contributed by atoms with Gasteiger partial charge in [-0.05, 0) is 80.1 Å². The first-order valence-corrected chi connectivity index (χ1v) is 17.0. The van der Waals surface area contributed by atoms with Crippen LogP contribution in [0.3, 0.4) is 0 Å². The minimum absolute atomic E-state index is 0.246. The molecule has 0 amide bonds. The number of aromatic nitrogens is 1. The smallest absolute Gasteiger partial charge is 0.145 e. The summed E-state index contributed by atoms with van der Waals surface area (Å²) in [6.45, 7) is 0. The molecule has 8 aromatic rings. The third kappa shape index (κ3) is 5.65. The Morgan fingerprint density at radius 1 is 0.440 bits per heavy atom. The summed E-state index contributed by atoms with van der Waals surface area (Å²) >= 11 is 0. The van der Waals surface area contributed by atoms with Gasteiger partial charge in [-0.25, -0.2) is 0 Å². The summed E-state index contributed by atoms with van der Waals surface area (Å²) in [6, 6.07) is 62.3. The molecular formula is C47H33N3. The molecule has 0 saturated carbocycles. The molecule has 0 saturated heterocycles. The van der Waals surface area contributed by atoms with Gasteiger partial charge in [-0.2, -0.15) is 0 Å². The Labute approximate surface area is 292 Å². The summed E-state index contributed by atoms with van der Waals surface area (Å²) in [7, 11) is 0. The minimum atomic E-state index is -0.246. The summed E-state index contributed by atoms with van der Waals surface area (Å²) < 4.78 is 0. The molecule has 1 unspecified atom stereocenters. The van der Waals surface area contributed by atoms with Crippen LogP contribution in [0.15, 0.2) is 193 Å². The normalized spacial score (nSPS) is 14.2. The van der Waals surface area contributed by atoms with E-state index in [-0.39, 0.29) is 6.17 Å². The van der Waals surface area contributed by atoms with E-state index in [0.29, 0.717) is 0 Å². The SMILES string of the molecule is C1=C(c2ccc(-c3ccccc3)cc2)NC(c2ccccc2)N=C1c1cc(-c2cccc3ccccc23)cc(-c2cccc3cccnc23)c1. The second kappa shape index (κ2) is 12.8. The van der Waals surface area contributed by atoms with Crippen LogP contribution >= 0.6 is 0 Å². The number of benzene rings is 7. The zero-order valence-corrected chi connectivity index (χ0v) is 27.4. The maximum Gasteiger partial charge on any atom is 0.145 e. The second-order valence-corrected chi connectivity index (χ2v) is 12.7. The highest BCUT2D eigenvalue weighted by molar-refractivity contribution is 6.15. The number of nitrogens with zero attached hydrogens (tertiary/aromatic N) is 2. The standard InChI is InChI=1S/C47H33N3/c1-3-12-32(13-4-1)33-23-25-35(26-24-33)44-31-45(50-47(49-44)37-15-5-2-6-16-37)40-29-38(42-21-9-17-34-14-7-8-20-41(34)42)28-39(30-40)43-22-10-18-36-19-11-27-48-46(36)43/h1-31,47,49H. The lowest BCUT2D eigenvalue weighted by molar-refractivity contribution is 0.664. The first-order chi connectivity index (χ1) is 24.8. The minimum Gasteiger partial charge on any atom is -0.360 e. The summed E-state index contributed by atoms with van der Waals surface area (Å²) in [4.78, 5) is 10.2. The Morgan fingerprint density at radius 3 is 1.86 bits per heavy atom. The average molecular weight is 640 g/mol. The highest BCUT2D eigenvalue weighted by Crippen LogP contribution is 2.37. The van der Waals surface area contributed by atoms with Crippen LogP contribution in [0.2, 0.25) is 0 Å². The molecule has 0 aliphatic carbocycles. The molecule has 1 N–H and O–H groups in total. The van der Waals surface area contributed by atoms with Crippen molar-refractivity contribution in [2.75, 3.05) is 0 Å². The zero-order valence-electron chi connectivity index (χ0n) is 27.4. The van der Waals surface area contributed by atoms with Crippen LogP contribution in [0, 0.1) is 0 Å². The molecule has 0 fully saturated rings. The maximum atomic E-state index is 5.37. The molecule has 3 heteroatoms. The zero-order chi connectivity index (χ0) is 33.3. The lowest BCUT2D eigenvalue weighted by Crippen LogP contribution is -2.24. The van der Waals surface area contributed by atoms with Crippen molar-refractivity contribution in [3.05, 3.63) is 205 Å². The number of aliphatic imine (C=N–C) groups is 1. The van der Waals surface area contributed by atoms with Gasteiger partial charge in [-0.3, -0.25) is 9.98 Å². The molecule has 0 bridgehead atoms. The van der Waals surface area contributed by atoms with Gasteiger partial charge in [-0.15, -0.1) is 0 Å². The Bertz CT molecular complexity index is 2440. The van der Waals surface area contributed by atoms with Crippen LogP contribution in [0.25, 0.3) is 60.8 Å². The molecule has 7 aromatic carbocycles. The molecule has 1 aliphatic heterocycles. The molecule has 0 spiro atoms. The molecule has 2 heterocycles. The molecule has 9 rings (SSSR count). The predicted octanol–water partition coefficient (Wildman–Crippen LogP) is 11.5. The van der Waals surface area contributed by atoms with Gasteiger partial charge in [0.15, 0.2) is 0 Å². The van der Waals surface area contributed by atoms with E-state index in [2.05, 4.69) is 175 Å². The van der Waals surface area contributed by atoms with Crippen molar-refractivity contribution in [2.24, 2.45) is 4.99 Å². The van der Waals surface area contributed by atoms with Crippen LogP contribution in [-0.4, -0.2) is 10.7 Å². The third-order valence-corrected chi connectivity index (χ3v) is 9.53. The van der Waals surface area contributed by atoms with Gasteiger partial charge in [0.2, 0.25) is 0 Å². The monoisotopic (exact) mass is 639 g/mol. The largest absolute Gasteiger partial charge is 0.360 e. The number of hydrogen-bond donors (Lipinski definition) is 1. The summed E-state index contributed by atoms with van der Waals surface area (Å²) in [6.07, 6.45) is 3.83. The van der Waals surface area contributed by atoms with Crippen LogP contribution in [0.5, 0.6) is 0 Å². The lowest BCUT2D eigenvalue weighted by Gasteiger charge is -2.25. The van der Waals surface area contributed by atoms with Crippen molar-refractivity contribution < 1.29 is 0 Å². The number of nitrogens with one attached hydrogen (secondary N) is 1. The van der Waals surface area contributed by atoms with Crippen molar-refractivity contribution in [1.29, 1.82) is 0 Å². The maximum absolute atomic E-state index is 5.37. The fraction of sp³-hybridized carbons (Fsp3) is 0.0213. The van der Waals surface area contributed by atoms with Gasteiger partial charge in [0.05, 0.1) is 11.2 Å². The quantitative estimate of drug-likeness (QED) is 0.197. The Hall–Kier alpha value is -6.58. The van der Waals surface area contributed by atoms with Gasteiger partial charge in [0.1, 0.15) is 6.17 Å². The predicted molar refractivity (Wildman–Crippen MR) is 209 cm³/mol. The third-order valence-electron chi connectivity index (χ3n) is 9.53. The lowest BCUT2D eigenvalue weighted by atomic mass is 9.90. The fourth-order valence-corrected chi connectivity index (χ4v) is 7.03. The number of fused-ring (bicyclic) bond motifs is 2. The highest BCUT2D eigenvalue weighted by Gasteiger charge is 2.21. The van der Waals surface area contributed by atoms with E-state index in [1.165, 1.54) is 27.5 Å². The first kappa shape index (κ1) is 29.6. The Kier molecular flexibility index (Phi) is 7.56. The van der Waals surface area contributed by atoms with Crippen molar-refractivity contribution >= 4 is 33.1 Å². The Balaban J connectivity index is 1.23. The molecule has 1 aromatic heterocycles. The van der Waals surface area contributed by atoms with E-state index in [1.54, 1.807) is 0 Å². The van der Waals surface area contributed by atoms with E-state index in [1.807, 2.05) is 18.3 Å². The second-order valence-electron chi connectivity index (χ2n) is 12.7. The topological polar surface area (TPSA) is 37.3 Å². The van der Waals surface area contributed by atoms with E-state index < -0.39 is 0 Å². The highest BCUT2D eigenvalue weighted by atomic mass is 15.1. The van der Waals surface area contributed by atoms with Gasteiger partial charge < -0.3 is 5.32 Å². The van der Waals surface area contributed by atoms with Gasteiger partial charge in [-0.1, -0.05) is 152 Å². The number of hydrogen-bond acceptors (Lipinski definition) is 3. The molecule has 1 aliphatic rings. The molecule has 1 atom stereocenters. The van der Waals surface area contributed by atoms with Gasteiger partial charge in [0, 0.05) is 28.4 Å². The number of allylic oxidation sites excluding steroid dienone is 1. The van der Waals surface area contributed by atoms with Gasteiger partial charge in [0.25, 0.3) is 0 Å². The van der Waals surface area contributed by atoms with E-state index in [4.69, 9.17) is 9.98 Å². The summed E-state index contributed by atoms with van der Waals surface area (Å²) in [5.41, 5.74) is 13.2. The Morgan fingerprint density at radius 2 is 1.04 bits per heavy atom. The van der Waals surface area contributed by atoms with Crippen LogP contribution in [0.1, 0.15) is 22.9 Å². The van der Waals surface area contributed by atoms with E-state index in [0.717, 1.165) is 55.7 Å². The van der Waals surface area contributed by atoms with Crippen molar-refractivity contribution in [3.8, 4) is 33.4 Å². The first-order valence-electron chi connectivity index (χ1n) is 17.0. The summed E-state index contributed by atoms with van der Waals surface area (Å²) in [5.74, 6) is 0. The van der Waals surface area contributed by atoms with E-state index >= 15 is 0 Å². The molecule has 236 valence electrons. The number of rotatable bonds is 6. The molecule has 0 radical (unpaired) electrons. The molecular weight excluding hydrogens is 607 g/mol. The van der Waals surface area contributed by atoms with Gasteiger partial charge >= 0.3 is 0 Å². The molecule has 3 nitrogen and oxygen atoms in total. The van der Waals surface area contributed by atoms with Crippen molar-refractivity contribution in [1.82, 2.24) is 10.3 Å². The van der Waals surface area contributed by atoms with Crippen LogP contribution in [0.4, 0.5) is 0 Å². The number of para-hydroxylation sites is 1. The van der Waals surface area contributed by atoms with Crippen LogP contribution < -0.4 is 5.32 Å². The van der Waals surface area contributed by atoms with E-state index in [9.17, 15) is 0 Å². The van der Waals surface area contributed by atoms with Crippen LogP contribution in [-0.2, 0) is 0 Å². The number of pyridine rings is 1. The summed E-state index contributed by atoms with van der Waals surface area (Å²) in [5, 5.41) is 7.30. The average Bonchev–Trinajstić information content (AvgIpc) is 3.21. The fourth-order valence-electron chi connectivity index (χ4n) is 7.03. The molecule has 50 heavy (non-hydrogen) atoms.